The summed E-state index contributed by atoms with van der Waals surface area (Å²) >= 11 is 0. The number of hydrogen-bond acceptors (Lipinski definition) is 16. The Morgan fingerprint density at radius 3 is 0.848 bits per heavy atom. The van der Waals surface area contributed by atoms with E-state index in [1.165, 1.54) is 77.0 Å². The van der Waals surface area contributed by atoms with Gasteiger partial charge in [-0.15, -0.1) is 0 Å². The summed E-state index contributed by atoms with van der Waals surface area (Å²) in [5.74, 6) is 0.141. The zero-order valence-electron chi connectivity index (χ0n) is 48.3. The van der Waals surface area contributed by atoms with Crippen LogP contribution in [0, 0.1) is 0 Å². The number of guanidine groups is 6. The first-order valence-electron chi connectivity index (χ1n) is 30.2. The van der Waals surface area contributed by atoms with E-state index in [1.54, 1.807) is 77.7 Å². The second-order valence-electron chi connectivity index (χ2n) is 21.1. The molecule has 0 spiro atoms. The Balaban J connectivity index is 1.17. The van der Waals surface area contributed by atoms with E-state index in [4.69, 9.17) is 44.2 Å². The van der Waals surface area contributed by atoms with Crippen molar-refractivity contribution in [2.75, 3.05) is 16.0 Å². The number of benzene rings is 3. The Labute approximate surface area is 471 Å². The van der Waals surface area contributed by atoms with Gasteiger partial charge in [-0.1, -0.05) is 157 Å². The number of carbonyl (C=O) groups is 3. The Kier molecular flexibility index (Phi) is 26.7. The van der Waals surface area contributed by atoms with Gasteiger partial charge in [0, 0.05) is 17.1 Å². The number of hydrogen-bond donors (Lipinski definition) is 3. The highest BCUT2D eigenvalue weighted by molar-refractivity contribution is 6.32. The van der Waals surface area contributed by atoms with Crippen LogP contribution in [0.15, 0.2) is 103 Å². The number of anilines is 3. The van der Waals surface area contributed by atoms with E-state index >= 15 is 0 Å². The highest BCUT2D eigenvalue weighted by Gasteiger charge is 2.35. The predicted molar refractivity (Wildman–Crippen MR) is 323 cm³/mol. The Morgan fingerprint density at radius 1 is 0.342 bits per heavy atom. The molecule has 3 unspecified atom stereocenters. The summed E-state index contributed by atoms with van der Waals surface area (Å²) in [5, 5.41) is 9.80. The smallest absolute Gasteiger partial charge is 0.338 e. The van der Waals surface area contributed by atoms with Crippen LogP contribution >= 0.6 is 0 Å². The third-order valence-electron chi connectivity index (χ3n) is 14.3. The molecule has 16 heteroatoms. The molecule has 3 N–H and O–H groups in total. The summed E-state index contributed by atoms with van der Waals surface area (Å²) in [6.07, 6.45) is 29.0. The van der Waals surface area contributed by atoms with Crippen LogP contribution in [-0.4, -0.2) is 76.9 Å². The minimum atomic E-state index is -0.343. The molecule has 0 aliphatic carbocycles. The second-order valence-corrected chi connectivity index (χ2v) is 21.1. The van der Waals surface area contributed by atoms with Gasteiger partial charge in [0.1, 0.15) is 18.3 Å². The fraction of sp³-hybridized carbons (Fsp3) is 0.571. The summed E-state index contributed by atoms with van der Waals surface area (Å²) in [6, 6.07) is 21.1. The van der Waals surface area contributed by atoms with Crippen LogP contribution in [0.25, 0.3) is 0 Å². The lowest BCUT2D eigenvalue weighted by Gasteiger charge is -2.30. The van der Waals surface area contributed by atoms with Crippen LogP contribution in [0.4, 0.5) is 17.1 Å². The van der Waals surface area contributed by atoms with E-state index in [1.807, 2.05) is 0 Å². The Bertz CT molecular complexity index is 2280. The van der Waals surface area contributed by atoms with Gasteiger partial charge in [-0.2, -0.15) is 30.0 Å². The van der Waals surface area contributed by atoms with Crippen LogP contribution < -0.4 is 16.0 Å². The SMILES string of the molecule is CCCCCCCCC(CCC)OC(=O)c1ccc(NC2=NC3=NC(Nc4ccc(C(=O)OC(CCC)CCCCCCCC)cc4)=NC4=NC(Nc5ccc(C(=O)OC(CCC)CCCCCCCC)cc5)=NC(=N2)N34)cc1. The molecule has 6 rings (SSSR count). The first-order valence-corrected chi connectivity index (χ1v) is 30.2. The van der Waals surface area contributed by atoms with Crippen LogP contribution in [0.3, 0.4) is 0 Å². The van der Waals surface area contributed by atoms with Crippen molar-refractivity contribution in [1.82, 2.24) is 4.90 Å². The van der Waals surface area contributed by atoms with Crippen molar-refractivity contribution in [3.8, 4) is 0 Å². The van der Waals surface area contributed by atoms with Crippen molar-refractivity contribution in [2.24, 2.45) is 30.0 Å². The van der Waals surface area contributed by atoms with Gasteiger partial charge >= 0.3 is 17.9 Å². The zero-order chi connectivity index (χ0) is 56.0. The average molecular weight is 1080 g/mol. The number of aliphatic imine (C=N–C) groups is 6. The van der Waals surface area contributed by atoms with Crippen molar-refractivity contribution >= 4 is 70.7 Å². The maximum atomic E-state index is 13.3. The van der Waals surface area contributed by atoms with Gasteiger partial charge in [0.25, 0.3) is 0 Å². The molecule has 3 heterocycles. The third-order valence-corrected chi connectivity index (χ3v) is 14.3. The Morgan fingerprint density at radius 2 is 0.595 bits per heavy atom. The van der Waals surface area contributed by atoms with Gasteiger partial charge in [-0.3, -0.25) is 0 Å². The van der Waals surface area contributed by atoms with Crippen LogP contribution in [0.2, 0.25) is 0 Å². The molecular weight excluding hydrogens is 993 g/mol. The number of unbranched alkanes of at least 4 members (excludes halogenated alkanes) is 15. The highest BCUT2D eigenvalue weighted by atomic mass is 16.6. The molecule has 3 aromatic rings. The topological polar surface area (TPSA) is 192 Å². The lowest BCUT2D eigenvalue weighted by atomic mass is 10.0. The number of nitrogens with one attached hydrogen (secondary N) is 3. The second kappa shape index (κ2) is 34.3. The van der Waals surface area contributed by atoms with E-state index in [0.717, 1.165) is 96.3 Å². The third kappa shape index (κ3) is 20.8. The predicted octanol–water partition coefficient (Wildman–Crippen LogP) is 16.0. The van der Waals surface area contributed by atoms with Crippen molar-refractivity contribution in [1.29, 1.82) is 0 Å². The fourth-order valence-electron chi connectivity index (χ4n) is 9.78. The van der Waals surface area contributed by atoms with E-state index in [2.05, 4.69) is 57.5 Å². The summed E-state index contributed by atoms with van der Waals surface area (Å²) in [4.78, 5) is 70.2. The molecule has 0 fully saturated rings. The van der Waals surface area contributed by atoms with Gasteiger partial charge < -0.3 is 30.2 Å². The molecular formula is C63H90N10O6. The molecule has 79 heavy (non-hydrogen) atoms. The monoisotopic (exact) mass is 1080 g/mol. The number of nitrogens with zero attached hydrogens (tertiary/aromatic N) is 7. The van der Waals surface area contributed by atoms with Gasteiger partial charge in [0.2, 0.25) is 35.8 Å². The molecule has 16 nitrogen and oxygen atoms in total. The van der Waals surface area contributed by atoms with Gasteiger partial charge in [-0.05, 0) is 131 Å². The Hall–Kier alpha value is -6.71. The van der Waals surface area contributed by atoms with Crippen LogP contribution in [0.1, 0.15) is 246 Å². The average Bonchev–Trinajstić information content (AvgIpc) is 3.53. The molecule has 3 aliphatic rings. The number of carbonyl (C=O) groups excluding carboxylic acids is 3. The molecule has 0 aromatic heterocycles. The lowest BCUT2D eigenvalue weighted by Crippen LogP contribution is -2.49. The molecule has 3 aliphatic heterocycles. The van der Waals surface area contributed by atoms with E-state index in [0.29, 0.717) is 33.8 Å². The molecule has 0 radical (unpaired) electrons. The van der Waals surface area contributed by atoms with Crippen molar-refractivity contribution in [2.45, 2.75) is 233 Å². The maximum absolute atomic E-state index is 13.3. The van der Waals surface area contributed by atoms with Crippen molar-refractivity contribution in [3.05, 3.63) is 89.5 Å². The van der Waals surface area contributed by atoms with Crippen LogP contribution in [-0.2, 0) is 14.2 Å². The minimum Gasteiger partial charge on any atom is -0.459 e. The quantitative estimate of drug-likeness (QED) is 0.0287. The minimum absolute atomic E-state index is 0.114. The van der Waals surface area contributed by atoms with Crippen LogP contribution in [0.5, 0.6) is 0 Å². The molecule has 3 atom stereocenters. The van der Waals surface area contributed by atoms with Crippen molar-refractivity contribution < 1.29 is 28.6 Å². The van der Waals surface area contributed by atoms with Gasteiger partial charge in [-0.25, -0.2) is 19.3 Å². The summed E-state index contributed by atoms with van der Waals surface area (Å²) in [5.41, 5.74) is 3.26. The number of ether oxygens (including phenoxy) is 3. The van der Waals surface area contributed by atoms with E-state index in [-0.39, 0.29) is 72.0 Å². The first-order chi connectivity index (χ1) is 38.6. The summed E-state index contributed by atoms with van der Waals surface area (Å²) in [6.45, 7) is 13.0. The maximum Gasteiger partial charge on any atom is 0.338 e. The standard InChI is InChI=1S/C63H90N10O6/c1-7-13-16-19-22-25-31-52(28-10-4)77-55(74)46-34-40-49(41-35-46)64-58-67-61-69-59(65-50-42-36-47(37-43-50)56(75)78-53(29-11-5)32-26-23-20-17-14-8-2)71-63-72-60(70-62(68-58)73(61)63)66-51-44-38-48(39-45-51)57(76)79-54(30-12-6)33-27-24-21-18-15-9-3/h34-45,52-54H,7-33H2,1-6H3,(H3,64,65,66,67,68,69,70,71,72). The highest BCUT2D eigenvalue weighted by Crippen LogP contribution is 2.24. The van der Waals surface area contributed by atoms with Gasteiger partial charge in [0.05, 0.1) is 16.7 Å². The summed E-state index contributed by atoms with van der Waals surface area (Å²) in [7, 11) is 0. The largest absolute Gasteiger partial charge is 0.459 e. The van der Waals surface area contributed by atoms with E-state index < -0.39 is 0 Å². The zero-order valence-corrected chi connectivity index (χ0v) is 48.3. The number of esters is 3. The number of rotatable bonds is 36. The first kappa shape index (κ1) is 61.5. The molecule has 3 aromatic carbocycles. The molecule has 0 saturated heterocycles. The molecule has 0 saturated carbocycles. The normalized spacial score (nSPS) is 14.7. The molecule has 0 amide bonds. The van der Waals surface area contributed by atoms with E-state index in [9.17, 15) is 14.4 Å². The molecule has 428 valence electrons. The lowest BCUT2D eigenvalue weighted by molar-refractivity contribution is 0.0244. The summed E-state index contributed by atoms with van der Waals surface area (Å²) < 4.78 is 18.0. The molecule has 0 bridgehead atoms. The van der Waals surface area contributed by atoms with Gasteiger partial charge in [0.15, 0.2) is 0 Å². The van der Waals surface area contributed by atoms with Crippen molar-refractivity contribution in [3.63, 3.8) is 0 Å². The fourth-order valence-corrected chi connectivity index (χ4v) is 9.78.